The summed E-state index contributed by atoms with van der Waals surface area (Å²) in [7, 11) is 0. The van der Waals surface area contributed by atoms with Crippen molar-refractivity contribution in [2.45, 2.75) is 45.2 Å². The Balaban J connectivity index is 2.17. The Hall–Kier alpha value is -0.610. The molecule has 0 bridgehead atoms. The van der Waals surface area contributed by atoms with Crippen molar-refractivity contribution >= 4 is 5.97 Å². The van der Waals surface area contributed by atoms with Crippen molar-refractivity contribution in [1.29, 1.82) is 0 Å². The predicted octanol–water partition coefficient (Wildman–Crippen LogP) is 0.923. The minimum atomic E-state index is -0.783. The van der Waals surface area contributed by atoms with Crippen LogP contribution in [0.4, 0.5) is 0 Å². The number of carbonyl (C=O) groups is 1. The second kappa shape index (κ2) is 6.08. The van der Waals surface area contributed by atoms with Crippen LogP contribution in [0.3, 0.4) is 0 Å². The van der Waals surface area contributed by atoms with E-state index in [1.165, 1.54) is 19.3 Å². The fourth-order valence-corrected chi connectivity index (χ4v) is 1.98. The number of nitrogens with one attached hydrogen (secondary N) is 1. The van der Waals surface area contributed by atoms with Crippen LogP contribution in [-0.2, 0) is 4.79 Å². The van der Waals surface area contributed by atoms with E-state index in [0.29, 0.717) is 6.04 Å². The average molecular weight is 214 g/mol. The molecule has 0 amide bonds. The second-order valence-corrected chi connectivity index (χ2v) is 4.49. The predicted molar refractivity (Wildman–Crippen MR) is 60.0 cm³/mol. The van der Waals surface area contributed by atoms with Gasteiger partial charge in [0.2, 0.25) is 0 Å². The zero-order valence-corrected chi connectivity index (χ0v) is 9.70. The van der Waals surface area contributed by atoms with Crippen LogP contribution in [0.1, 0.15) is 33.1 Å². The Kier molecular flexibility index (Phi) is 5.05. The highest BCUT2D eigenvalue weighted by molar-refractivity contribution is 5.68. The van der Waals surface area contributed by atoms with Gasteiger partial charge in [-0.25, -0.2) is 0 Å². The molecular formula is C11H22N2O2. The van der Waals surface area contributed by atoms with Gasteiger partial charge in [-0.2, -0.15) is 0 Å². The number of nitrogens with zero attached hydrogens (tertiary/aromatic N) is 1. The average Bonchev–Trinajstić information content (AvgIpc) is 2.06. The van der Waals surface area contributed by atoms with Gasteiger partial charge in [0.25, 0.3) is 0 Å². The molecule has 2 N–H and O–H groups in total. The van der Waals surface area contributed by atoms with E-state index in [0.717, 1.165) is 19.1 Å². The minimum absolute atomic E-state index is 0.0661. The van der Waals surface area contributed by atoms with E-state index in [1.54, 1.807) is 0 Å². The molecule has 15 heavy (non-hydrogen) atoms. The first kappa shape index (κ1) is 12.5. The summed E-state index contributed by atoms with van der Waals surface area (Å²) in [6.07, 6.45) is 3.95. The molecule has 0 aromatic carbocycles. The first-order chi connectivity index (χ1) is 7.11. The summed E-state index contributed by atoms with van der Waals surface area (Å²) in [4.78, 5) is 12.8. The second-order valence-electron chi connectivity index (χ2n) is 4.49. The summed E-state index contributed by atoms with van der Waals surface area (Å²) in [6.45, 7) is 6.19. The van der Waals surface area contributed by atoms with Gasteiger partial charge < -0.3 is 10.4 Å². The largest absolute Gasteiger partial charge is 0.480 e. The number of carboxylic acids is 1. The molecule has 0 unspecified atom stereocenters. The molecule has 0 aromatic heterocycles. The van der Waals surface area contributed by atoms with Crippen LogP contribution < -0.4 is 5.32 Å². The zero-order chi connectivity index (χ0) is 11.3. The highest BCUT2D eigenvalue weighted by atomic mass is 16.4. The van der Waals surface area contributed by atoms with Gasteiger partial charge in [0.15, 0.2) is 0 Å². The highest BCUT2D eigenvalue weighted by Crippen LogP contribution is 2.25. The van der Waals surface area contributed by atoms with E-state index in [9.17, 15) is 4.79 Å². The number of aliphatic carboxylic acids is 1. The molecule has 88 valence electrons. The van der Waals surface area contributed by atoms with Crippen molar-refractivity contribution in [2.24, 2.45) is 0 Å². The summed E-state index contributed by atoms with van der Waals surface area (Å²) < 4.78 is 0. The van der Waals surface area contributed by atoms with Crippen molar-refractivity contribution in [3.8, 4) is 0 Å². The van der Waals surface area contributed by atoms with Gasteiger partial charge in [0.1, 0.15) is 0 Å². The van der Waals surface area contributed by atoms with E-state index < -0.39 is 5.97 Å². The van der Waals surface area contributed by atoms with Crippen molar-refractivity contribution < 1.29 is 9.90 Å². The quantitative estimate of drug-likeness (QED) is 0.619. The molecule has 0 atom stereocenters. The molecule has 4 heteroatoms. The molecule has 0 aliphatic heterocycles. The number of carboxylic acid groups (broad SMARTS) is 1. The Bertz CT molecular complexity index is 203. The molecule has 1 saturated carbocycles. The number of rotatable bonds is 7. The van der Waals surface area contributed by atoms with Crippen molar-refractivity contribution in [3.63, 3.8) is 0 Å². The van der Waals surface area contributed by atoms with E-state index in [4.69, 9.17) is 5.11 Å². The molecule has 0 saturated heterocycles. The molecule has 1 fully saturated rings. The van der Waals surface area contributed by atoms with Crippen LogP contribution in [0.5, 0.6) is 0 Å². The van der Waals surface area contributed by atoms with Crippen LogP contribution in [-0.4, -0.2) is 47.7 Å². The topological polar surface area (TPSA) is 52.6 Å². The van der Waals surface area contributed by atoms with Crippen molar-refractivity contribution in [1.82, 2.24) is 10.2 Å². The minimum Gasteiger partial charge on any atom is -0.480 e. The Morgan fingerprint density at radius 2 is 2.20 bits per heavy atom. The third-order valence-electron chi connectivity index (χ3n) is 3.03. The Morgan fingerprint density at radius 1 is 1.53 bits per heavy atom. The monoisotopic (exact) mass is 214 g/mol. The van der Waals surface area contributed by atoms with Gasteiger partial charge >= 0.3 is 5.97 Å². The lowest BCUT2D eigenvalue weighted by molar-refractivity contribution is -0.135. The fourth-order valence-electron chi connectivity index (χ4n) is 1.98. The first-order valence-corrected chi connectivity index (χ1v) is 5.79. The van der Waals surface area contributed by atoms with E-state index in [-0.39, 0.29) is 6.54 Å². The number of hydrogen-bond donors (Lipinski definition) is 2. The molecule has 0 radical (unpaired) electrons. The van der Waals surface area contributed by atoms with Crippen LogP contribution in [0.25, 0.3) is 0 Å². The maximum Gasteiger partial charge on any atom is 0.317 e. The van der Waals surface area contributed by atoms with Crippen LogP contribution in [0.15, 0.2) is 0 Å². The maximum absolute atomic E-state index is 10.3. The third kappa shape index (κ3) is 4.18. The zero-order valence-electron chi connectivity index (χ0n) is 9.70. The summed E-state index contributed by atoms with van der Waals surface area (Å²) in [6, 6.07) is 1.29. The van der Waals surface area contributed by atoms with Crippen LogP contribution in [0.2, 0.25) is 0 Å². The standard InChI is InChI=1S/C11H22N2O2/c1-9(2)13(10-4-3-5-10)7-6-12-8-11(14)15/h9-10,12H,3-8H2,1-2H3,(H,14,15). The van der Waals surface area contributed by atoms with Gasteiger partial charge in [-0.05, 0) is 26.7 Å². The maximum atomic E-state index is 10.3. The molecule has 0 spiro atoms. The summed E-state index contributed by atoms with van der Waals surface area (Å²) in [5.41, 5.74) is 0. The van der Waals surface area contributed by atoms with Gasteiger partial charge in [0.05, 0.1) is 6.54 Å². The van der Waals surface area contributed by atoms with E-state index in [1.807, 2.05) is 0 Å². The lowest BCUT2D eigenvalue weighted by Crippen LogP contribution is -2.47. The molecule has 1 aliphatic rings. The van der Waals surface area contributed by atoms with Gasteiger partial charge in [0, 0.05) is 25.2 Å². The molecule has 4 nitrogen and oxygen atoms in total. The van der Waals surface area contributed by atoms with Gasteiger partial charge in [-0.3, -0.25) is 9.69 Å². The lowest BCUT2D eigenvalue weighted by Gasteiger charge is -2.40. The Morgan fingerprint density at radius 3 is 2.60 bits per heavy atom. The first-order valence-electron chi connectivity index (χ1n) is 5.79. The van der Waals surface area contributed by atoms with Crippen molar-refractivity contribution in [3.05, 3.63) is 0 Å². The molecule has 1 rings (SSSR count). The summed E-state index contributed by atoms with van der Waals surface area (Å²) in [5, 5.41) is 11.4. The third-order valence-corrected chi connectivity index (χ3v) is 3.03. The fraction of sp³-hybridized carbons (Fsp3) is 0.909. The molecule has 1 aliphatic carbocycles. The number of hydrogen-bond acceptors (Lipinski definition) is 3. The van der Waals surface area contributed by atoms with Gasteiger partial charge in [-0.15, -0.1) is 0 Å². The lowest BCUT2D eigenvalue weighted by atomic mass is 9.90. The van der Waals surface area contributed by atoms with Crippen LogP contribution in [0, 0.1) is 0 Å². The molecular weight excluding hydrogens is 192 g/mol. The van der Waals surface area contributed by atoms with E-state index in [2.05, 4.69) is 24.1 Å². The summed E-state index contributed by atoms with van der Waals surface area (Å²) in [5.74, 6) is -0.783. The van der Waals surface area contributed by atoms with Crippen LogP contribution >= 0.6 is 0 Å². The molecule has 0 heterocycles. The van der Waals surface area contributed by atoms with Gasteiger partial charge in [-0.1, -0.05) is 6.42 Å². The van der Waals surface area contributed by atoms with Crippen molar-refractivity contribution in [2.75, 3.05) is 19.6 Å². The van der Waals surface area contributed by atoms with E-state index >= 15 is 0 Å². The Labute approximate surface area is 91.6 Å². The summed E-state index contributed by atoms with van der Waals surface area (Å²) >= 11 is 0. The highest BCUT2D eigenvalue weighted by Gasteiger charge is 2.25. The normalized spacial score (nSPS) is 17.1. The smallest absolute Gasteiger partial charge is 0.317 e. The SMILES string of the molecule is CC(C)N(CCNCC(=O)O)C1CCC1. The molecule has 0 aromatic rings.